The van der Waals surface area contributed by atoms with Crippen LogP contribution >= 0.6 is 0 Å². The smallest absolute Gasteiger partial charge is 0.306 e. The number of amides is 1. The molecule has 2 saturated carbocycles. The van der Waals surface area contributed by atoms with E-state index >= 15 is 0 Å². The number of ether oxygens (including phenoxy) is 1. The standard InChI is InChI=1S/C19H25NO3/c1-12-4-3-5-13(2)19(12)20-17(21)11-23-18(22)10-16-9-14-6-7-15(16)8-14/h3-5,14-16H,6-11H2,1-2H3,(H,20,21)/t14-,15-,16+/m1/s1. The van der Waals surface area contributed by atoms with Crippen molar-refractivity contribution in [2.24, 2.45) is 17.8 Å². The number of hydrogen-bond donors (Lipinski definition) is 1. The molecule has 4 heteroatoms. The van der Waals surface area contributed by atoms with Crippen LogP contribution < -0.4 is 5.32 Å². The molecular formula is C19H25NO3. The van der Waals surface area contributed by atoms with Crippen LogP contribution in [0.2, 0.25) is 0 Å². The fraction of sp³-hybridized carbons (Fsp3) is 0.579. The zero-order valence-corrected chi connectivity index (χ0v) is 13.9. The first-order valence-electron chi connectivity index (χ1n) is 8.54. The topological polar surface area (TPSA) is 55.4 Å². The van der Waals surface area contributed by atoms with Gasteiger partial charge in [0.25, 0.3) is 5.91 Å². The van der Waals surface area contributed by atoms with Crippen molar-refractivity contribution in [2.75, 3.05) is 11.9 Å². The zero-order valence-electron chi connectivity index (χ0n) is 13.9. The van der Waals surface area contributed by atoms with Crippen molar-refractivity contribution < 1.29 is 14.3 Å². The quantitative estimate of drug-likeness (QED) is 0.845. The molecule has 0 aliphatic heterocycles. The molecule has 3 rings (SSSR count). The number of anilines is 1. The van der Waals surface area contributed by atoms with E-state index in [1.54, 1.807) is 0 Å². The van der Waals surface area contributed by atoms with Crippen molar-refractivity contribution in [2.45, 2.75) is 46.0 Å². The third-order valence-corrected chi connectivity index (χ3v) is 5.42. The number of hydrogen-bond acceptors (Lipinski definition) is 3. The highest BCUT2D eigenvalue weighted by atomic mass is 16.5. The maximum Gasteiger partial charge on any atom is 0.306 e. The average Bonchev–Trinajstić information content (AvgIpc) is 3.12. The molecule has 2 aliphatic carbocycles. The highest BCUT2D eigenvalue weighted by Gasteiger charge is 2.40. The van der Waals surface area contributed by atoms with E-state index in [9.17, 15) is 9.59 Å². The molecule has 0 aromatic heterocycles. The fourth-order valence-corrected chi connectivity index (χ4v) is 4.23. The molecule has 23 heavy (non-hydrogen) atoms. The third-order valence-electron chi connectivity index (χ3n) is 5.42. The molecule has 124 valence electrons. The van der Waals surface area contributed by atoms with Gasteiger partial charge in [-0.15, -0.1) is 0 Å². The number of rotatable bonds is 5. The Kier molecular flexibility index (Phi) is 4.69. The van der Waals surface area contributed by atoms with Crippen molar-refractivity contribution in [1.29, 1.82) is 0 Å². The highest BCUT2D eigenvalue weighted by molar-refractivity contribution is 5.94. The average molecular weight is 315 g/mol. The predicted octanol–water partition coefficient (Wildman–Crippen LogP) is 3.61. The van der Waals surface area contributed by atoms with E-state index in [2.05, 4.69) is 5.32 Å². The lowest BCUT2D eigenvalue weighted by atomic mass is 9.86. The third kappa shape index (κ3) is 3.74. The van der Waals surface area contributed by atoms with Gasteiger partial charge in [0, 0.05) is 12.1 Å². The second-order valence-electron chi connectivity index (χ2n) is 7.11. The Balaban J connectivity index is 1.44. The molecule has 4 nitrogen and oxygen atoms in total. The molecule has 0 saturated heterocycles. The predicted molar refractivity (Wildman–Crippen MR) is 89.1 cm³/mol. The van der Waals surface area contributed by atoms with E-state index < -0.39 is 0 Å². The van der Waals surface area contributed by atoms with Crippen molar-refractivity contribution in [3.8, 4) is 0 Å². The molecule has 1 amide bonds. The Morgan fingerprint density at radius 2 is 1.91 bits per heavy atom. The summed E-state index contributed by atoms with van der Waals surface area (Å²) in [4.78, 5) is 24.0. The number of carbonyl (C=O) groups excluding carboxylic acids is 2. The Morgan fingerprint density at radius 3 is 2.52 bits per heavy atom. The Hall–Kier alpha value is -1.84. The van der Waals surface area contributed by atoms with Crippen LogP contribution in [-0.4, -0.2) is 18.5 Å². The summed E-state index contributed by atoms with van der Waals surface area (Å²) in [6.07, 6.45) is 5.50. The molecule has 0 radical (unpaired) electrons. The first-order valence-corrected chi connectivity index (χ1v) is 8.54. The van der Waals surface area contributed by atoms with Crippen LogP contribution in [0, 0.1) is 31.6 Å². The van der Waals surface area contributed by atoms with Crippen LogP contribution in [0.5, 0.6) is 0 Å². The molecular weight excluding hydrogens is 290 g/mol. The minimum absolute atomic E-state index is 0.201. The van der Waals surface area contributed by atoms with Crippen molar-refractivity contribution in [1.82, 2.24) is 0 Å². The summed E-state index contributed by atoms with van der Waals surface area (Å²) in [5.41, 5.74) is 2.82. The molecule has 1 aromatic carbocycles. The van der Waals surface area contributed by atoms with Gasteiger partial charge < -0.3 is 10.1 Å². The van der Waals surface area contributed by atoms with Crippen LogP contribution in [0.25, 0.3) is 0 Å². The van der Waals surface area contributed by atoms with Gasteiger partial charge in [-0.25, -0.2) is 0 Å². The summed E-state index contributed by atoms with van der Waals surface area (Å²) in [7, 11) is 0. The molecule has 3 atom stereocenters. The Bertz CT molecular complexity index is 590. The van der Waals surface area contributed by atoms with Gasteiger partial charge in [0.1, 0.15) is 0 Å². The van der Waals surface area contributed by atoms with Crippen LogP contribution in [0.4, 0.5) is 5.69 Å². The molecule has 1 N–H and O–H groups in total. The van der Waals surface area contributed by atoms with E-state index in [1.165, 1.54) is 19.3 Å². The largest absolute Gasteiger partial charge is 0.456 e. The number of aryl methyl sites for hydroxylation is 2. The lowest BCUT2D eigenvalue weighted by Gasteiger charge is -2.20. The minimum atomic E-state index is -0.274. The van der Waals surface area contributed by atoms with Gasteiger partial charge in [0.15, 0.2) is 6.61 Å². The number of carbonyl (C=O) groups is 2. The van der Waals surface area contributed by atoms with Crippen LogP contribution in [0.1, 0.15) is 43.2 Å². The lowest BCUT2D eigenvalue weighted by Crippen LogP contribution is -2.23. The van der Waals surface area contributed by atoms with Gasteiger partial charge in [-0.1, -0.05) is 24.6 Å². The highest BCUT2D eigenvalue weighted by Crippen LogP contribution is 2.49. The monoisotopic (exact) mass is 315 g/mol. The van der Waals surface area contributed by atoms with Gasteiger partial charge in [-0.05, 0) is 62.0 Å². The van der Waals surface area contributed by atoms with Gasteiger partial charge in [-0.2, -0.15) is 0 Å². The molecule has 0 unspecified atom stereocenters. The molecule has 0 spiro atoms. The van der Waals surface area contributed by atoms with E-state index in [1.807, 2.05) is 32.0 Å². The minimum Gasteiger partial charge on any atom is -0.456 e. The van der Waals surface area contributed by atoms with Crippen molar-refractivity contribution >= 4 is 17.6 Å². The molecule has 2 bridgehead atoms. The number of benzene rings is 1. The summed E-state index contributed by atoms with van der Waals surface area (Å²) in [6.45, 7) is 3.70. The normalized spacial score (nSPS) is 25.4. The van der Waals surface area contributed by atoms with Gasteiger partial charge >= 0.3 is 5.97 Å². The first kappa shape index (κ1) is 16.0. The van der Waals surface area contributed by atoms with Crippen LogP contribution in [0.15, 0.2) is 18.2 Å². The van der Waals surface area contributed by atoms with E-state index in [4.69, 9.17) is 4.74 Å². The second-order valence-corrected chi connectivity index (χ2v) is 7.11. The first-order chi connectivity index (χ1) is 11.0. The Morgan fingerprint density at radius 1 is 1.17 bits per heavy atom. The SMILES string of the molecule is Cc1cccc(C)c1NC(=O)COC(=O)C[C@@H]1C[C@@H]2CC[C@@H]1C2. The molecule has 0 heterocycles. The maximum atomic E-state index is 12.0. The number of nitrogens with one attached hydrogen (secondary N) is 1. The van der Waals surface area contributed by atoms with E-state index in [-0.39, 0.29) is 18.5 Å². The number of fused-ring (bicyclic) bond motifs is 2. The van der Waals surface area contributed by atoms with E-state index in [0.717, 1.165) is 29.2 Å². The van der Waals surface area contributed by atoms with Gasteiger partial charge in [-0.3, -0.25) is 9.59 Å². The Labute approximate surface area is 137 Å². The van der Waals surface area contributed by atoms with Gasteiger partial charge in [0.05, 0.1) is 0 Å². The lowest BCUT2D eigenvalue weighted by molar-refractivity contribution is -0.148. The van der Waals surface area contributed by atoms with E-state index in [0.29, 0.717) is 18.3 Å². The molecule has 2 fully saturated rings. The van der Waals surface area contributed by atoms with Crippen molar-refractivity contribution in [3.63, 3.8) is 0 Å². The zero-order chi connectivity index (χ0) is 16.4. The summed E-state index contributed by atoms with van der Waals surface area (Å²) in [5.74, 6) is 1.49. The number of esters is 1. The maximum absolute atomic E-state index is 12.0. The summed E-state index contributed by atoms with van der Waals surface area (Å²) >= 11 is 0. The van der Waals surface area contributed by atoms with Crippen LogP contribution in [-0.2, 0) is 14.3 Å². The summed E-state index contributed by atoms with van der Waals surface area (Å²) in [6, 6.07) is 5.85. The fourth-order valence-electron chi connectivity index (χ4n) is 4.23. The number of para-hydroxylation sites is 1. The van der Waals surface area contributed by atoms with Gasteiger partial charge in [0.2, 0.25) is 0 Å². The molecule has 2 aliphatic rings. The van der Waals surface area contributed by atoms with Crippen molar-refractivity contribution in [3.05, 3.63) is 29.3 Å². The van der Waals surface area contributed by atoms with Crippen LogP contribution in [0.3, 0.4) is 0 Å². The summed E-state index contributed by atoms with van der Waals surface area (Å²) < 4.78 is 5.17. The second kappa shape index (κ2) is 6.73. The molecule has 1 aromatic rings. The summed E-state index contributed by atoms with van der Waals surface area (Å²) in [5, 5.41) is 2.84.